The lowest BCUT2D eigenvalue weighted by Crippen LogP contribution is -2.36. The Kier molecular flexibility index (Phi) is 5.35. The highest BCUT2D eigenvalue weighted by atomic mass is 35.5. The Morgan fingerprint density at radius 2 is 1.96 bits per heavy atom. The molecule has 0 spiro atoms. The molecule has 0 saturated carbocycles. The first-order chi connectivity index (χ1) is 12.6. The van der Waals surface area contributed by atoms with E-state index in [1.54, 1.807) is 11.3 Å². The van der Waals surface area contributed by atoms with Crippen LogP contribution < -0.4 is 0 Å². The summed E-state index contributed by atoms with van der Waals surface area (Å²) >= 11 is 7.91. The van der Waals surface area contributed by atoms with E-state index in [2.05, 4.69) is 23.1 Å². The summed E-state index contributed by atoms with van der Waals surface area (Å²) in [7, 11) is 1.96. The van der Waals surface area contributed by atoms with Crippen molar-refractivity contribution in [2.75, 3.05) is 26.7 Å². The van der Waals surface area contributed by atoms with Crippen LogP contribution in [0, 0.1) is 5.92 Å². The van der Waals surface area contributed by atoms with Crippen LogP contribution in [0.15, 0.2) is 36.4 Å². The Bertz CT molecular complexity index is 784. The number of likely N-dealkylation sites (tertiary alicyclic amines) is 2. The van der Waals surface area contributed by atoms with E-state index in [1.165, 1.54) is 29.0 Å². The zero-order valence-electron chi connectivity index (χ0n) is 15.2. The van der Waals surface area contributed by atoms with Crippen LogP contribution in [0.4, 0.5) is 0 Å². The Labute approximate surface area is 164 Å². The lowest BCUT2D eigenvalue weighted by molar-refractivity contribution is -0.131. The van der Waals surface area contributed by atoms with Crippen LogP contribution in [-0.2, 0) is 4.79 Å². The maximum atomic E-state index is 12.8. The van der Waals surface area contributed by atoms with Crippen molar-refractivity contribution in [2.45, 2.75) is 31.7 Å². The smallest absolute Gasteiger partial charge is 0.227 e. The number of carbonyl (C=O) groups is 1. The predicted molar refractivity (Wildman–Crippen MR) is 109 cm³/mol. The molecule has 2 atom stereocenters. The molecule has 1 amide bonds. The summed E-state index contributed by atoms with van der Waals surface area (Å²) in [4.78, 5) is 19.7. The molecular formula is C21H25ClN2OS. The second-order valence-corrected chi connectivity index (χ2v) is 9.02. The van der Waals surface area contributed by atoms with Gasteiger partial charge in [-0.05, 0) is 62.2 Å². The van der Waals surface area contributed by atoms with Crippen LogP contribution in [0.1, 0.15) is 36.6 Å². The summed E-state index contributed by atoms with van der Waals surface area (Å²) in [6.07, 6.45) is 4.81. The molecule has 2 fully saturated rings. The van der Waals surface area contributed by atoms with Crippen molar-refractivity contribution in [1.82, 2.24) is 9.80 Å². The number of benzene rings is 1. The third-order valence-corrected chi connectivity index (χ3v) is 7.13. The van der Waals surface area contributed by atoms with Gasteiger partial charge in [-0.25, -0.2) is 0 Å². The number of piperidine rings is 1. The minimum absolute atomic E-state index is 0.139. The zero-order chi connectivity index (χ0) is 18.1. The summed E-state index contributed by atoms with van der Waals surface area (Å²) in [5.41, 5.74) is 1.14. The van der Waals surface area contributed by atoms with Crippen LogP contribution in [0.2, 0.25) is 5.02 Å². The van der Waals surface area contributed by atoms with E-state index in [-0.39, 0.29) is 12.0 Å². The lowest BCUT2D eigenvalue weighted by Gasteiger charge is -2.28. The molecule has 0 bridgehead atoms. The van der Waals surface area contributed by atoms with Gasteiger partial charge in [-0.15, -0.1) is 11.3 Å². The van der Waals surface area contributed by atoms with E-state index in [4.69, 9.17) is 11.6 Å². The molecule has 0 radical (unpaired) electrons. The highest BCUT2D eigenvalue weighted by molar-refractivity contribution is 7.15. The molecule has 2 unspecified atom stereocenters. The van der Waals surface area contributed by atoms with E-state index >= 15 is 0 Å². The molecule has 3 nitrogen and oxygen atoms in total. The average molecular weight is 389 g/mol. The molecule has 2 saturated heterocycles. The van der Waals surface area contributed by atoms with Gasteiger partial charge in [0.25, 0.3) is 0 Å². The average Bonchev–Trinajstić information content (AvgIpc) is 3.24. The quantitative estimate of drug-likeness (QED) is 0.729. The highest BCUT2D eigenvalue weighted by Gasteiger charge is 2.39. The highest BCUT2D eigenvalue weighted by Crippen LogP contribution is 2.41. The normalized spacial score (nSPS) is 24.4. The Morgan fingerprint density at radius 3 is 2.73 bits per heavy atom. The molecule has 3 heterocycles. The minimum Gasteiger partial charge on any atom is -0.338 e. The maximum absolute atomic E-state index is 12.8. The molecule has 1 aromatic heterocycles. The van der Waals surface area contributed by atoms with Crippen molar-refractivity contribution in [3.63, 3.8) is 0 Å². The van der Waals surface area contributed by atoms with Crippen LogP contribution >= 0.6 is 22.9 Å². The number of nitrogens with zero attached hydrogens (tertiary/aromatic N) is 2. The summed E-state index contributed by atoms with van der Waals surface area (Å²) < 4.78 is 0. The van der Waals surface area contributed by atoms with Crippen LogP contribution in [0.5, 0.6) is 0 Å². The van der Waals surface area contributed by atoms with Crippen molar-refractivity contribution in [3.05, 3.63) is 46.3 Å². The summed E-state index contributed by atoms with van der Waals surface area (Å²) in [5.74, 6) is 0.443. The summed E-state index contributed by atoms with van der Waals surface area (Å²) in [5, 5.41) is 0.757. The van der Waals surface area contributed by atoms with Gasteiger partial charge >= 0.3 is 0 Å². The number of rotatable bonds is 4. The van der Waals surface area contributed by atoms with E-state index in [9.17, 15) is 4.79 Å². The van der Waals surface area contributed by atoms with Gasteiger partial charge in [-0.1, -0.05) is 30.2 Å². The number of amides is 1. The van der Waals surface area contributed by atoms with Gasteiger partial charge < -0.3 is 9.80 Å². The van der Waals surface area contributed by atoms with Crippen molar-refractivity contribution < 1.29 is 4.79 Å². The van der Waals surface area contributed by atoms with E-state index in [1.807, 2.05) is 30.1 Å². The third kappa shape index (κ3) is 3.68. The van der Waals surface area contributed by atoms with Gasteiger partial charge in [0.15, 0.2) is 0 Å². The molecule has 0 aliphatic carbocycles. The summed E-state index contributed by atoms with van der Waals surface area (Å²) in [6.45, 7) is 3.22. The Balaban J connectivity index is 1.48. The van der Waals surface area contributed by atoms with Gasteiger partial charge in [0.2, 0.25) is 5.91 Å². The topological polar surface area (TPSA) is 23.6 Å². The van der Waals surface area contributed by atoms with Crippen LogP contribution in [-0.4, -0.2) is 42.4 Å². The van der Waals surface area contributed by atoms with Crippen molar-refractivity contribution in [2.24, 2.45) is 5.92 Å². The second kappa shape index (κ2) is 7.71. The van der Waals surface area contributed by atoms with Gasteiger partial charge in [-0.3, -0.25) is 4.79 Å². The Hall–Kier alpha value is -1.36. The number of carbonyl (C=O) groups excluding carboxylic acids is 1. The zero-order valence-corrected chi connectivity index (χ0v) is 16.7. The first kappa shape index (κ1) is 18.0. The third-order valence-electron chi connectivity index (χ3n) is 5.66. The molecule has 2 aliphatic heterocycles. The van der Waals surface area contributed by atoms with Crippen LogP contribution in [0.25, 0.3) is 10.4 Å². The van der Waals surface area contributed by atoms with Gasteiger partial charge in [0, 0.05) is 28.4 Å². The van der Waals surface area contributed by atoms with Gasteiger partial charge in [0.05, 0.1) is 12.0 Å². The van der Waals surface area contributed by atoms with Gasteiger partial charge in [0.1, 0.15) is 0 Å². The van der Waals surface area contributed by atoms with Crippen molar-refractivity contribution >= 4 is 28.8 Å². The molecule has 5 heteroatoms. The van der Waals surface area contributed by atoms with Crippen molar-refractivity contribution in [3.8, 4) is 10.4 Å². The maximum Gasteiger partial charge on any atom is 0.227 e. The summed E-state index contributed by atoms with van der Waals surface area (Å²) in [6, 6.07) is 12.5. The molecule has 26 heavy (non-hydrogen) atoms. The first-order valence-electron chi connectivity index (χ1n) is 9.46. The number of halogens is 1. The van der Waals surface area contributed by atoms with E-state index in [0.29, 0.717) is 5.91 Å². The minimum atomic E-state index is 0.139. The molecule has 4 rings (SSSR count). The molecule has 2 aromatic rings. The van der Waals surface area contributed by atoms with Crippen LogP contribution in [0.3, 0.4) is 0 Å². The molecule has 1 aromatic carbocycles. The number of thiophene rings is 1. The fourth-order valence-corrected chi connectivity index (χ4v) is 5.56. The molecule has 2 aliphatic rings. The Morgan fingerprint density at radius 1 is 1.15 bits per heavy atom. The number of hydrogen-bond acceptors (Lipinski definition) is 3. The standard InChI is InChI=1S/C21H25ClN2OS/c1-23-18(13-16(21(23)25)14-24-10-3-2-4-11-24)20-9-8-19(26-20)15-6-5-7-17(22)12-15/h5-9,12,16,18H,2-4,10-11,13-14H2,1H3. The molecule has 138 valence electrons. The first-order valence-corrected chi connectivity index (χ1v) is 10.7. The monoisotopic (exact) mass is 388 g/mol. The largest absolute Gasteiger partial charge is 0.338 e. The number of hydrogen-bond donors (Lipinski definition) is 0. The predicted octanol–water partition coefficient (Wildman–Crippen LogP) is 5.07. The fraction of sp³-hybridized carbons (Fsp3) is 0.476. The fourth-order valence-electron chi connectivity index (χ4n) is 4.21. The SMILES string of the molecule is CN1C(=O)C(CN2CCCCC2)CC1c1ccc(-c2cccc(Cl)c2)s1. The van der Waals surface area contributed by atoms with Gasteiger partial charge in [-0.2, -0.15) is 0 Å². The molecular weight excluding hydrogens is 364 g/mol. The van der Waals surface area contributed by atoms with Crippen molar-refractivity contribution in [1.29, 1.82) is 0 Å². The van der Waals surface area contributed by atoms with E-state index < -0.39 is 0 Å². The second-order valence-electron chi connectivity index (χ2n) is 7.47. The van der Waals surface area contributed by atoms with E-state index in [0.717, 1.165) is 36.6 Å². The molecule has 0 N–H and O–H groups in total. The lowest BCUT2D eigenvalue weighted by atomic mass is 10.0.